The van der Waals surface area contributed by atoms with Crippen molar-refractivity contribution in [2.75, 3.05) is 17.8 Å². The van der Waals surface area contributed by atoms with Gasteiger partial charge in [-0.3, -0.25) is 0 Å². The first-order valence-corrected chi connectivity index (χ1v) is 5.29. The average molecular weight is 278 g/mol. The fourth-order valence-corrected chi connectivity index (χ4v) is 3.69. The van der Waals surface area contributed by atoms with E-state index in [1.54, 1.807) is 3.53 Å². The monoisotopic (exact) mass is 278 g/mol. The second-order valence-electron chi connectivity index (χ2n) is 1.15. The van der Waals surface area contributed by atoms with Crippen molar-refractivity contribution in [3.8, 4) is 0 Å². The molecule has 0 saturated carbocycles. The summed E-state index contributed by atoms with van der Waals surface area (Å²) in [6.45, 7) is 0. The summed E-state index contributed by atoms with van der Waals surface area (Å²) in [6.07, 6.45) is 2.14. The third kappa shape index (κ3) is 2.89. The first kappa shape index (κ1) is 9.52. The molecule has 0 atom stereocenters. The molecule has 4 heteroatoms. The Hall–Kier alpha value is 1.52. The highest BCUT2D eigenvalue weighted by Gasteiger charge is 2.15. The van der Waals surface area contributed by atoms with Gasteiger partial charge in [0.15, 0.2) is 17.6 Å². The van der Waals surface area contributed by atoms with E-state index in [9.17, 15) is 0 Å². The van der Waals surface area contributed by atoms with Gasteiger partial charge in [-0.05, 0) is 0 Å². The van der Waals surface area contributed by atoms with E-state index >= 15 is 0 Å². The molecule has 1 saturated heterocycles. The molecular weight excluding hydrogens is 271 g/mol. The van der Waals surface area contributed by atoms with E-state index in [2.05, 4.69) is 6.26 Å². The van der Waals surface area contributed by atoms with Crippen LogP contribution in [0.5, 0.6) is 0 Å². The molecule has 8 heavy (non-hydrogen) atoms. The third-order valence-electron chi connectivity index (χ3n) is 0.690. The Kier molecular flexibility index (Phi) is 6.33. The minimum atomic E-state index is 0. The standard InChI is InChI=1S/C4H7S3.HI/c1-5-4-6-2-3-7-4;/h2-3H2,1H3;1H/q+1;/p-1. The van der Waals surface area contributed by atoms with E-state index < -0.39 is 0 Å². The van der Waals surface area contributed by atoms with Gasteiger partial charge in [-0.2, -0.15) is 0 Å². The molecule has 0 aromatic rings. The van der Waals surface area contributed by atoms with Crippen LogP contribution in [0.25, 0.3) is 0 Å². The van der Waals surface area contributed by atoms with Crippen molar-refractivity contribution in [3.05, 3.63) is 0 Å². The predicted molar refractivity (Wildman–Crippen MR) is 43.2 cm³/mol. The molecule has 1 aliphatic heterocycles. The first-order chi connectivity index (χ1) is 3.43. The van der Waals surface area contributed by atoms with E-state index in [0.717, 1.165) is 0 Å². The van der Waals surface area contributed by atoms with Crippen molar-refractivity contribution in [1.82, 2.24) is 0 Å². The predicted octanol–water partition coefficient (Wildman–Crippen LogP) is -1.73. The molecule has 1 heterocycles. The fraction of sp³-hybridized carbons (Fsp3) is 0.750. The minimum Gasteiger partial charge on any atom is -1.00 e. The van der Waals surface area contributed by atoms with Gasteiger partial charge >= 0.3 is 0 Å². The summed E-state index contributed by atoms with van der Waals surface area (Å²) in [6, 6.07) is 0. The third-order valence-corrected chi connectivity index (χ3v) is 4.98. The average Bonchev–Trinajstić information content (AvgIpc) is 2.14. The van der Waals surface area contributed by atoms with Gasteiger partial charge in [-0.15, -0.1) is 0 Å². The van der Waals surface area contributed by atoms with Crippen LogP contribution in [-0.4, -0.2) is 21.3 Å². The maximum Gasteiger partial charge on any atom is 0.291 e. The zero-order chi connectivity index (χ0) is 5.11. The molecular formula is C4H7IS3. The summed E-state index contributed by atoms with van der Waals surface area (Å²) in [5.41, 5.74) is 0. The summed E-state index contributed by atoms with van der Waals surface area (Å²) >= 11 is 5.84. The van der Waals surface area contributed by atoms with Gasteiger partial charge in [-0.25, -0.2) is 0 Å². The molecule has 0 spiro atoms. The van der Waals surface area contributed by atoms with Crippen LogP contribution in [0, 0.1) is 0 Å². The lowest BCUT2D eigenvalue weighted by Gasteiger charge is -1.68. The summed E-state index contributed by atoms with van der Waals surface area (Å²) in [5.74, 6) is 2.64. The Morgan fingerprint density at radius 2 is 1.88 bits per heavy atom. The lowest BCUT2D eigenvalue weighted by molar-refractivity contribution is -0.00000122. The lowest BCUT2D eigenvalue weighted by atomic mass is 11.0. The van der Waals surface area contributed by atoms with Gasteiger partial charge in [0.1, 0.15) is 0 Å². The molecule has 0 N–H and O–H groups in total. The number of thioether (sulfide) groups is 2. The van der Waals surface area contributed by atoms with E-state index in [1.807, 2.05) is 34.9 Å². The highest BCUT2D eigenvalue weighted by molar-refractivity contribution is 8.48. The Labute approximate surface area is 79.5 Å². The quantitative estimate of drug-likeness (QED) is 0.293. The summed E-state index contributed by atoms with van der Waals surface area (Å²) in [4.78, 5) is 0. The molecule has 0 nitrogen and oxygen atoms in total. The number of hydrogen-bond acceptors (Lipinski definition) is 2. The second kappa shape index (κ2) is 5.32. The Morgan fingerprint density at radius 3 is 2.12 bits per heavy atom. The molecule has 1 aliphatic rings. The Bertz CT molecular complexity index is 83.3. The SMILES string of the molecule is C[S+]=C1SCCS1.[I-]. The molecule has 0 bridgehead atoms. The summed E-state index contributed by atoms with van der Waals surface area (Å²) in [7, 11) is 0. The normalized spacial score (nSPS) is 17.9. The van der Waals surface area contributed by atoms with Crippen LogP contribution >= 0.6 is 23.5 Å². The highest BCUT2D eigenvalue weighted by Crippen LogP contribution is 2.24. The van der Waals surface area contributed by atoms with Crippen LogP contribution in [0.3, 0.4) is 0 Å². The molecule has 0 amide bonds. The molecule has 1 rings (SSSR count). The van der Waals surface area contributed by atoms with Gasteiger partial charge in [0.2, 0.25) is 0 Å². The van der Waals surface area contributed by atoms with Gasteiger partial charge in [-0.1, -0.05) is 23.5 Å². The van der Waals surface area contributed by atoms with Gasteiger partial charge in [0, 0.05) is 11.5 Å². The molecule has 0 aromatic heterocycles. The van der Waals surface area contributed by atoms with E-state index in [0.29, 0.717) is 0 Å². The molecule has 0 aromatic carbocycles. The van der Waals surface area contributed by atoms with Crippen LogP contribution < -0.4 is 24.0 Å². The molecule has 0 aliphatic carbocycles. The van der Waals surface area contributed by atoms with Gasteiger partial charge in [0.05, 0.1) is 0 Å². The van der Waals surface area contributed by atoms with Crippen molar-refractivity contribution >= 4 is 38.4 Å². The molecule has 0 unspecified atom stereocenters. The molecule has 0 radical (unpaired) electrons. The fourth-order valence-electron chi connectivity index (χ4n) is 0.410. The van der Waals surface area contributed by atoms with Crippen molar-refractivity contribution in [1.29, 1.82) is 0 Å². The lowest BCUT2D eigenvalue weighted by Crippen LogP contribution is -3.00. The van der Waals surface area contributed by atoms with Crippen molar-refractivity contribution in [3.63, 3.8) is 0 Å². The van der Waals surface area contributed by atoms with Crippen LogP contribution in [-0.2, 0) is 11.4 Å². The maximum absolute atomic E-state index is 2.14. The van der Waals surface area contributed by atoms with Crippen LogP contribution in [0.4, 0.5) is 0 Å². The van der Waals surface area contributed by atoms with Crippen LogP contribution in [0.2, 0.25) is 0 Å². The summed E-state index contributed by atoms with van der Waals surface area (Å²) in [5, 5.41) is 0. The highest BCUT2D eigenvalue weighted by atomic mass is 127. The molecule has 1 fully saturated rings. The maximum atomic E-state index is 2.14. The first-order valence-electron chi connectivity index (χ1n) is 2.10. The topological polar surface area (TPSA) is 0 Å². The minimum absolute atomic E-state index is 0. The molecule has 48 valence electrons. The zero-order valence-corrected chi connectivity index (χ0v) is 9.12. The van der Waals surface area contributed by atoms with E-state index in [1.165, 1.54) is 11.5 Å². The van der Waals surface area contributed by atoms with E-state index in [-0.39, 0.29) is 24.0 Å². The van der Waals surface area contributed by atoms with E-state index in [4.69, 9.17) is 0 Å². The Morgan fingerprint density at radius 1 is 1.38 bits per heavy atom. The largest absolute Gasteiger partial charge is 1.00 e. The van der Waals surface area contributed by atoms with Crippen molar-refractivity contribution < 1.29 is 24.0 Å². The number of rotatable bonds is 0. The van der Waals surface area contributed by atoms with Crippen molar-refractivity contribution in [2.24, 2.45) is 0 Å². The Balaban J connectivity index is 0.000000490. The van der Waals surface area contributed by atoms with Crippen molar-refractivity contribution in [2.45, 2.75) is 0 Å². The zero-order valence-electron chi connectivity index (χ0n) is 4.52. The second-order valence-corrected chi connectivity index (χ2v) is 4.95. The van der Waals surface area contributed by atoms with Gasteiger partial charge < -0.3 is 24.0 Å². The number of hydrogen-bond donors (Lipinski definition) is 0. The smallest absolute Gasteiger partial charge is 0.291 e. The van der Waals surface area contributed by atoms with Crippen LogP contribution in [0.15, 0.2) is 0 Å². The van der Waals surface area contributed by atoms with Gasteiger partial charge in [0.25, 0.3) is 3.53 Å². The number of halogens is 1. The van der Waals surface area contributed by atoms with Crippen LogP contribution in [0.1, 0.15) is 0 Å². The summed E-state index contributed by atoms with van der Waals surface area (Å²) < 4.78 is 1.54.